The highest BCUT2D eigenvalue weighted by Gasteiger charge is 2.55. The molecule has 0 amide bonds. The Morgan fingerprint density at radius 2 is 1.80 bits per heavy atom. The molecular formula is C28H28N2. The van der Waals surface area contributed by atoms with E-state index >= 15 is 0 Å². The summed E-state index contributed by atoms with van der Waals surface area (Å²) in [6.45, 7) is 4.52. The summed E-state index contributed by atoms with van der Waals surface area (Å²) in [7, 11) is 0. The lowest BCUT2D eigenvalue weighted by Gasteiger charge is -2.31. The first-order valence-corrected chi connectivity index (χ1v) is 10.9. The quantitative estimate of drug-likeness (QED) is 0.387. The number of hydrogen-bond donors (Lipinski definition) is 1. The largest absolute Gasteiger partial charge is 0.399 e. The highest BCUT2D eigenvalue weighted by Crippen LogP contribution is 2.63. The minimum absolute atomic E-state index is 0.247. The lowest BCUT2D eigenvalue weighted by Crippen LogP contribution is -2.20. The van der Waals surface area contributed by atoms with E-state index in [-0.39, 0.29) is 5.41 Å². The number of benzene rings is 2. The summed E-state index contributed by atoms with van der Waals surface area (Å²) in [6, 6.07) is 18.9. The smallest absolute Gasteiger partial charge is 0.0671 e. The van der Waals surface area contributed by atoms with E-state index in [1.165, 1.54) is 33.9 Å². The number of aromatic nitrogens is 1. The van der Waals surface area contributed by atoms with Crippen molar-refractivity contribution in [1.29, 1.82) is 0 Å². The third kappa shape index (κ3) is 3.17. The summed E-state index contributed by atoms with van der Waals surface area (Å²) in [5, 5.41) is 2.43. The van der Waals surface area contributed by atoms with Crippen molar-refractivity contribution >= 4 is 27.6 Å². The summed E-state index contributed by atoms with van der Waals surface area (Å²) in [4.78, 5) is 4.91. The normalized spacial score (nSPS) is 25.9. The van der Waals surface area contributed by atoms with Gasteiger partial charge in [-0.05, 0) is 83.4 Å². The van der Waals surface area contributed by atoms with Crippen LogP contribution in [-0.4, -0.2) is 4.98 Å². The molecule has 3 aromatic rings. The van der Waals surface area contributed by atoms with E-state index in [1.807, 2.05) is 18.3 Å². The van der Waals surface area contributed by atoms with Crippen molar-refractivity contribution < 1.29 is 0 Å². The predicted octanol–water partition coefficient (Wildman–Crippen LogP) is 6.91. The molecule has 2 aromatic carbocycles. The van der Waals surface area contributed by atoms with Crippen molar-refractivity contribution in [1.82, 2.24) is 4.98 Å². The molecular weight excluding hydrogens is 364 g/mol. The van der Waals surface area contributed by atoms with Crippen molar-refractivity contribution in [3.63, 3.8) is 0 Å². The number of nitrogens with zero attached hydrogens (tertiary/aromatic N) is 1. The van der Waals surface area contributed by atoms with Crippen LogP contribution >= 0.6 is 0 Å². The Bertz CT molecular complexity index is 1180. The van der Waals surface area contributed by atoms with Crippen LogP contribution in [0, 0.1) is 17.3 Å². The molecule has 5 rings (SSSR count). The Labute approximate surface area is 178 Å². The molecule has 2 nitrogen and oxygen atoms in total. The molecule has 1 aromatic heterocycles. The number of rotatable bonds is 4. The van der Waals surface area contributed by atoms with Gasteiger partial charge in [-0.1, -0.05) is 61.5 Å². The van der Waals surface area contributed by atoms with Crippen LogP contribution in [0.1, 0.15) is 37.9 Å². The molecule has 0 spiro atoms. The predicted molar refractivity (Wildman–Crippen MR) is 128 cm³/mol. The highest BCUT2D eigenvalue weighted by molar-refractivity contribution is 5.90. The average molecular weight is 393 g/mol. The lowest BCUT2D eigenvalue weighted by atomic mass is 9.73. The number of pyridine rings is 1. The second kappa shape index (κ2) is 7.28. The van der Waals surface area contributed by atoms with Crippen LogP contribution in [0.3, 0.4) is 0 Å². The zero-order valence-corrected chi connectivity index (χ0v) is 17.7. The van der Waals surface area contributed by atoms with Gasteiger partial charge in [0.15, 0.2) is 0 Å². The van der Waals surface area contributed by atoms with Crippen molar-refractivity contribution in [2.75, 3.05) is 5.73 Å². The molecule has 0 saturated heterocycles. The third-order valence-electron chi connectivity index (χ3n) is 6.97. The maximum absolute atomic E-state index is 5.91. The van der Waals surface area contributed by atoms with Crippen molar-refractivity contribution in [3.8, 4) is 0 Å². The Balaban J connectivity index is 1.63. The van der Waals surface area contributed by atoms with E-state index in [9.17, 15) is 0 Å². The van der Waals surface area contributed by atoms with Crippen molar-refractivity contribution in [3.05, 3.63) is 96.4 Å². The van der Waals surface area contributed by atoms with E-state index in [4.69, 9.17) is 10.7 Å². The maximum Gasteiger partial charge on any atom is 0.0671 e. The van der Waals surface area contributed by atoms with Crippen LogP contribution in [0.15, 0.2) is 85.1 Å². The minimum atomic E-state index is 0.247. The lowest BCUT2D eigenvalue weighted by molar-refractivity contribution is 0.438. The Morgan fingerprint density at radius 3 is 2.50 bits per heavy atom. The molecule has 3 atom stereocenters. The number of hydrogen-bond acceptors (Lipinski definition) is 2. The van der Waals surface area contributed by atoms with Gasteiger partial charge >= 0.3 is 0 Å². The number of allylic oxidation sites excluding steroid dienone is 6. The zero-order chi connectivity index (χ0) is 20.7. The summed E-state index contributed by atoms with van der Waals surface area (Å²) in [5.74, 6) is 1.16. The molecule has 1 fully saturated rings. The van der Waals surface area contributed by atoms with Gasteiger partial charge in [0, 0.05) is 17.3 Å². The van der Waals surface area contributed by atoms with Gasteiger partial charge in [-0.15, -0.1) is 0 Å². The van der Waals surface area contributed by atoms with Gasteiger partial charge in [-0.2, -0.15) is 0 Å². The first-order valence-electron chi connectivity index (χ1n) is 10.9. The van der Waals surface area contributed by atoms with E-state index in [1.54, 1.807) is 0 Å². The molecule has 0 aliphatic heterocycles. The van der Waals surface area contributed by atoms with E-state index in [0.717, 1.165) is 17.8 Å². The summed E-state index contributed by atoms with van der Waals surface area (Å²) < 4.78 is 0. The van der Waals surface area contributed by atoms with Crippen LogP contribution in [0.2, 0.25) is 0 Å². The monoisotopic (exact) mass is 392 g/mol. The molecule has 2 heteroatoms. The van der Waals surface area contributed by atoms with Gasteiger partial charge in [0.05, 0.1) is 5.69 Å². The van der Waals surface area contributed by atoms with Gasteiger partial charge in [0.1, 0.15) is 0 Å². The van der Waals surface area contributed by atoms with Crippen LogP contribution in [0.25, 0.3) is 21.9 Å². The summed E-state index contributed by atoms with van der Waals surface area (Å²) in [5.41, 5.74) is 11.9. The van der Waals surface area contributed by atoms with Gasteiger partial charge in [-0.25, -0.2) is 0 Å². The fourth-order valence-corrected chi connectivity index (χ4v) is 5.19. The van der Waals surface area contributed by atoms with Gasteiger partial charge in [0.2, 0.25) is 0 Å². The summed E-state index contributed by atoms with van der Waals surface area (Å²) >= 11 is 0. The van der Waals surface area contributed by atoms with Gasteiger partial charge in [-0.3, -0.25) is 4.98 Å². The minimum Gasteiger partial charge on any atom is -0.399 e. The number of nitrogen functional groups attached to an aromatic ring is 1. The molecule has 30 heavy (non-hydrogen) atoms. The first-order chi connectivity index (χ1) is 14.6. The molecule has 1 heterocycles. The topological polar surface area (TPSA) is 38.9 Å². The first kappa shape index (κ1) is 18.9. The van der Waals surface area contributed by atoms with Crippen molar-refractivity contribution in [2.45, 2.75) is 26.7 Å². The Kier molecular flexibility index (Phi) is 4.58. The summed E-state index contributed by atoms with van der Waals surface area (Å²) in [6.07, 6.45) is 13.7. The second-order valence-electron chi connectivity index (χ2n) is 8.80. The fraction of sp³-hybridized carbons (Fsp3) is 0.250. The van der Waals surface area contributed by atoms with Crippen LogP contribution in [-0.2, 0) is 0 Å². The van der Waals surface area contributed by atoms with E-state index in [0.29, 0.717) is 11.8 Å². The van der Waals surface area contributed by atoms with Crippen molar-refractivity contribution in [2.24, 2.45) is 17.3 Å². The van der Waals surface area contributed by atoms with Crippen LogP contribution in [0.4, 0.5) is 5.69 Å². The Hall–Kier alpha value is -3.13. The SMILES string of the molecule is CC=CC1(C2CC=C(c3ccc(N)cc3)C=C2c2cc3ccccc3cn2)CC1C. The molecule has 1 saturated carbocycles. The fourth-order valence-electron chi connectivity index (χ4n) is 5.19. The van der Waals surface area contributed by atoms with E-state index in [2.05, 4.69) is 80.6 Å². The third-order valence-corrected chi connectivity index (χ3v) is 6.97. The number of fused-ring (bicyclic) bond motifs is 1. The molecule has 3 unspecified atom stereocenters. The standard InChI is InChI=1S/C28H28N2/c1-3-14-28(17-19(28)2)26-13-10-22(20-8-11-24(29)12-9-20)15-25(26)27-16-21-6-4-5-7-23(21)18-30-27/h3-12,14-16,18-19,26H,13,17,29H2,1-2H3. The van der Waals surface area contributed by atoms with E-state index < -0.39 is 0 Å². The van der Waals surface area contributed by atoms with Crippen LogP contribution in [0.5, 0.6) is 0 Å². The van der Waals surface area contributed by atoms with Crippen LogP contribution < -0.4 is 5.73 Å². The second-order valence-corrected chi connectivity index (χ2v) is 8.80. The average Bonchev–Trinajstić information content (AvgIpc) is 3.43. The van der Waals surface area contributed by atoms with Gasteiger partial charge in [0.25, 0.3) is 0 Å². The molecule has 2 N–H and O–H groups in total. The molecule has 2 aliphatic carbocycles. The number of nitrogens with two attached hydrogens (primary N) is 1. The number of anilines is 1. The Morgan fingerprint density at radius 1 is 1.07 bits per heavy atom. The zero-order valence-electron chi connectivity index (χ0n) is 17.7. The highest BCUT2D eigenvalue weighted by atomic mass is 14.7. The molecule has 0 bridgehead atoms. The molecule has 0 radical (unpaired) electrons. The molecule has 2 aliphatic rings. The molecule has 150 valence electrons. The maximum atomic E-state index is 5.91. The van der Waals surface area contributed by atoms with Gasteiger partial charge < -0.3 is 5.73 Å².